The molecule has 2 heterocycles. The number of furan rings is 1. The van der Waals surface area contributed by atoms with Crippen molar-refractivity contribution >= 4 is 16.0 Å². The van der Waals surface area contributed by atoms with Crippen molar-refractivity contribution in [3.63, 3.8) is 0 Å². The van der Waals surface area contributed by atoms with Gasteiger partial charge in [0.15, 0.2) is 0 Å². The van der Waals surface area contributed by atoms with Crippen LogP contribution in [0.2, 0.25) is 0 Å². The average Bonchev–Trinajstić information content (AvgIpc) is 2.84. The van der Waals surface area contributed by atoms with Crippen LogP contribution >= 0.6 is 0 Å². The van der Waals surface area contributed by atoms with E-state index < -0.39 is 26.8 Å². The maximum Gasteiger partial charge on any atom is 0.371 e. The Labute approximate surface area is 96.3 Å². The lowest BCUT2D eigenvalue weighted by molar-refractivity contribution is 0.0656. The maximum atomic E-state index is 11.7. The smallest absolute Gasteiger partial charge is 0.371 e. The Bertz CT molecular complexity index is 626. The summed E-state index contributed by atoms with van der Waals surface area (Å²) in [6.07, 6.45) is 2.97. The van der Waals surface area contributed by atoms with Gasteiger partial charge in [0.25, 0.3) is 0 Å². The molecule has 2 N–H and O–H groups in total. The van der Waals surface area contributed by atoms with Gasteiger partial charge >= 0.3 is 16.0 Å². The van der Waals surface area contributed by atoms with Gasteiger partial charge in [0.1, 0.15) is 0 Å². The highest BCUT2D eigenvalue weighted by Gasteiger charge is 2.20. The van der Waals surface area contributed by atoms with Crippen LogP contribution in [0.5, 0.6) is 0 Å². The zero-order valence-corrected chi connectivity index (χ0v) is 9.22. The molecule has 0 aromatic carbocycles. The van der Waals surface area contributed by atoms with Crippen molar-refractivity contribution in [2.24, 2.45) is 0 Å². The molecule has 0 radical (unpaired) electrons. The van der Waals surface area contributed by atoms with Crippen molar-refractivity contribution in [2.45, 2.75) is 5.09 Å². The normalized spacial score (nSPS) is 11.3. The topological polar surface area (TPSA) is 102 Å². The second-order valence-corrected chi connectivity index (χ2v) is 4.70. The Morgan fingerprint density at radius 3 is 2.47 bits per heavy atom. The number of carboxylic acids is 1. The van der Waals surface area contributed by atoms with Crippen molar-refractivity contribution in [2.75, 3.05) is 4.83 Å². The number of hydrogen-bond acceptors (Lipinski definition) is 4. The van der Waals surface area contributed by atoms with Gasteiger partial charge in [-0.1, -0.05) is 0 Å². The fourth-order valence-corrected chi connectivity index (χ4v) is 2.09. The van der Waals surface area contributed by atoms with Crippen LogP contribution in [0.1, 0.15) is 10.6 Å². The summed E-state index contributed by atoms with van der Waals surface area (Å²) in [6, 6.07) is 5.42. The minimum atomic E-state index is -3.91. The predicted molar refractivity (Wildman–Crippen MR) is 56.6 cm³/mol. The predicted octanol–water partition coefficient (Wildman–Crippen LogP) is 0.712. The van der Waals surface area contributed by atoms with Crippen molar-refractivity contribution < 1.29 is 22.7 Å². The molecule has 0 fully saturated rings. The Balaban J connectivity index is 2.28. The van der Waals surface area contributed by atoms with Crippen LogP contribution in [0.15, 0.2) is 46.2 Å². The molecular weight excluding hydrogens is 248 g/mol. The molecule has 0 bridgehead atoms. The molecule has 0 saturated carbocycles. The van der Waals surface area contributed by atoms with Gasteiger partial charge in [-0.2, -0.15) is 8.42 Å². The van der Waals surface area contributed by atoms with Gasteiger partial charge in [-0.25, -0.2) is 9.63 Å². The SMILES string of the molecule is O=C(O)c1ccc(S(=O)(=O)Nn2cccc2)o1. The summed E-state index contributed by atoms with van der Waals surface area (Å²) in [4.78, 5) is 12.7. The molecule has 0 saturated heterocycles. The molecule has 0 aliphatic heterocycles. The van der Waals surface area contributed by atoms with E-state index in [4.69, 9.17) is 9.52 Å². The molecule has 0 aliphatic rings. The van der Waals surface area contributed by atoms with Crippen molar-refractivity contribution in [3.05, 3.63) is 42.4 Å². The molecule has 8 heteroatoms. The molecule has 0 unspecified atom stereocenters. The second kappa shape index (κ2) is 3.98. The fraction of sp³-hybridized carbons (Fsp3) is 0. The van der Waals surface area contributed by atoms with Gasteiger partial charge in [0.05, 0.1) is 0 Å². The monoisotopic (exact) mass is 256 g/mol. The lowest BCUT2D eigenvalue weighted by Crippen LogP contribution is -2.21. The maximum absolute atomic E-state index is 11.7. The van der Waals surface area contributed by atoms with Gasteiger partial charge in [0.2, 0.25) is 10.9 Å². The molecular formula is C9H8N2O5S. The van der Waals surface area contributed by atoms with E-state index in [1.165, 1.54) is 17.1 Å². The number of hydrogen-bond donors (Lipinski definition) is 2. The summed E-state index contributed by atoms with van der Waals surface area (Å²) in [6.45, 7) is 0. The second-order valence-electron chi connectivity index (χ2n) is 3.11. The molecule has 0 spiro atoms. The lowest BCUT2D eigenvalue weighted by Gasteiger charge is -2.05. The number of sulfonamides is 1. The first-order chi connectivity index (χ1) is 7.99. The van der Waals surface area contributed by atoms with Crippen LogP contribution < -0.4 is 4.83 Å². The summed E-state index contributed by atoms with van der Waals surface area (Å²) in [5.41, 5.74) is 0. The standard InChI is InChI=1S/C9H8N2O5S/c12-9(13)7-3-4-8(16-7)17(14,15)10-11-5-1-2-6-11/h1-6,10H,(H,12,13). The zero-order valence-electron chi connectivity index (χ0n) is 8.40. The number of carboxylic acid groups (broad SMARTS) is 1. The van der Waals surface area contributed by atoms with Crippen LogP contribution in [0.4, 0.5) is 0 Å². The molecule has 17 heavy (non-hydrogen) atoms. The third-order valence-electron chi connectivity index (χ3n) is 1.89. The summed E-state index contributed by atoms with van der Waals surface area (Å²) in [7, 11) is -3.91. The molecule has 2 rings (SSSR count). The van der Waals surface area contributed by atoms with Crippen LogP contribution in [0, 0.1) is 0 Å². The average molecular weight is 256 g/mol. The number of aromatic carboxylic acids is 1. The van der Waals surface area contributed by atoms with E-state index in [0.717, 1.165) is 12.1 Å². The molecule has 7 nitrogen and oxygen atoms in total. The highest BCUT2D eigenvalue weighted by Crippen LogP contribution is 2.14. The van der Waals surface area contributed by atoms with E-state index in [0.29, 0.717) is 0 Å². The van der Waals surface area contributed by atoms with Gasteiger partial charge in [0, 0.05) is 12.4 Å². The molecule has 2 aromatic rings. The Hall–Kier alpha value is -2.22. The molecule has 0 aliphatic carbocycles. The highest BCUT2D eigenvalue weighted by atomic mass is 32.2. The van der Waals surface area contributed by atoms with Crippen molar-refractivity contribution in [1.82, 2.24) is 4.68 Å². The number of nitrogens with one attached hydrogen (secondary N) is 1. The minimum absolute atomic E-state index is 0.433. The quantitative estimate of drug-likeness (QED) is 0.838. The van der Waals surface area contributed by atoms with E-state index >= 15 is 0 Å². The minimum Gasteiger partial charge on any atom is -0.475 e. The van der Waals surface area contributed by atoms with E-state index in [-0.39, 0.29) is 0 Å². The van der Waals surface area contributed by atoms with Crippen LogP contribution in [-0.2, 0) is 10.0 Å². The van der Waals surface area contributed by atoms with Gasteiger partial charge in [-0.15, -0.1) is 0 Å². The molecule has 0 amide bonds. The number of nitrogens with zero attached hydrogens (tertiary/aromatic N) is 1. The summed E-state index contributed by atoms with van der Waals surface area (Å²) in [5, 5.41) is 8.15. The van der Waals surface area contributed by atoms with Gasteiger partial charge in [-0.3, -0.25) is 4.68 Å². The van der Waals surface area contributed by atoms with E-state index in [2.05, 4.69) is 4.83 Å². The molecule has 0 atom stereocenters. The fourth-order valence-electron chi connectivity index (χ4n) is 1.16. The van der Waals surface area contributed by atoms with E-state index in [9.17, 15) is 13.2 Å². The van der Waals surface area contributed by atoms with Crippen LogP contribution in [0.3, 0.4) is 0 Å². The summed E-state index contributed by atoms with van der Waals surface area (Å²) in [5.74, 6) is -1.76. The third kappa shape index (κ3) is 2.31. The Morgan fingerprint density at radius 2 is 1.94 bits per heavy atom. The first-order valence-corrected chi connectivity index (χ1v) is 5.96. The molecule has 2 aromatic heterocycles. The third-order valence-corrected chi connectivity index (χ3v) is 3.09. The molecule has 90 valence electrons. The Kier molecular flexibility index (Phi) is 2.64. The Morgan fingerprint density at radius 1 is 1.29 bits per heavy atom. The largest absolute Gasteiger partial charge is 0.475 e. The number of aromatic nitrogens is 1. The summed E-state index contributed by atoms with van der Waals surface area (Å²) < 4.78 is 29.3. The van der Waals surface area contributed by atoms with Crippen molar-refractivity contribution in [3.8, 4) is 0 Å². The number of rotatable bonds is 4. The first-order valence-electron chi connectivity index (χ1n) is 4.48. The lowest BCUT2D eigenvalue weighted by atomic mass is 10.5. The van der Waals surface area contributed by atoms with E-state index in [1.807, 2.05) is 0 Å². The van der Waals surface area contributed by atoms with Crippen LogP contribution in [0.25, 0.3) is 0 Å². The zero-order chi connectivity index (χ0) is 12.5. The summed E-state index contributed by atoms with van der Waals surface area (Å²) >= 11 is 0. The van der Waals surface area contributed by atoms with Gasteiger partial charge < -0.3 is 9.52 Å². The van der Waals surface area contributed by atoms with Gasteiger partial charge in [-0.05, 0) is 24.3 Å². The highest BCUT2D eigenvalue weighted by molar-refractivity contribution is 7.92. The van der Waals surface area contributed by atoms with Crippen LogP contribution in [-0.4, -0.2) is 24.2 Å². The van der Waals surface area contributed by atoms with E-state index in [1.54, 1.807) is 12.1 Å². The van der Waals surface area contributed by atoms with Crippen molar-refractivity contribution in [1.29, 1.82) is 0 Å². The number of carbonyl (C=O) groups is 1. The first kappa shape index (κ1) is 11.3.